The Labute approximate surface area is 326 Å². The number of ether oxygens (including phenoxy) is 2. The first-order valence-electron chi connectivity index (χ1n) is 21.2. The Balaban J connectivity index is 2.44. The summed E-state index contributed by atoms with van der Waals surface area (Å²) in [6, 6.07) is 0. The van der Waals surface area contributed by atoms with Crippen LogP contribution >= 0.6 is 7.82 Å². The predicted molar refractivity (Wildman–Crippen MR) is 212 cm³/mol. The number of hydrogen-bond acceptors (Lipinski definition) is 11. The topological polar surface area (TPSA) is 192 Å². The van der Waals surface area contributed by atoms with Gasteiger partial charge in [-0.2, -0.15) is 0 Å². The van der Waals surface area contributed by atoms with E-state index in [4.69, 9.17) is 18.5 Å². The number of phosphoric ester groups is 1. The number of aliphatic hydroxyl groups excluding tert-OH is 5. The summed E-state index contributed by atoms with van der Waals surface area (Å²) in [7, 11) is -5.01. The molecular formula is C41H77O12P. The lowest BCUT2D eigenvalue weighted by Gasteiger charge is -2.41. The summed E-state index contributed by atoms with van der Waals surface area (Å²) in [6.45, 7) is 4.19. The molecule has 0 amide bonds. The molecule has 1 rings (SSSR count). The van der Waals surface area contributed by atoms with Crippen LogP contribution in [-0.4, -0.2) is 98.9 Å². The molecule has 0 aliphatic heterocycles. The summed E-state index contributed by atoms with van der Waals surface area (Å²) >= 11 is 0. The fourth-order valence-electron chi connectivity index (χ4n) is 6.34. The smallest absolute Gasteiger partial charge is 0.457 e. The number of allylic oxidation sites excluding steroid dienone is 4. The summed E-state index contributed by atoms with van der Waals surface area (Å²) in [6.07, 6.45) is 22.5. The molecule has 6 atom stereocenters. The highest BCUT2D eigenvalue weighted by Crippen LogP contribution is 2.47. The van der Waals surface area contributed by atoms with Crippen molar-refractivity contribution < 1.29 is 58.3 Å². The summed E-state index contributed by atoms with van der Waals surface area (Å²) < 4.78 is 34.0. The van der Waals surface area contributed by atoms with Crippen molar-refractivity contribution in [1.29, 1.82) is 0 Å². The van der Waals surface area contributed by atoms with Gasteiger partial charge in [-0.15, -0.1) is 0 Å². The van der Waals surface area contributed by atoms with Gasteiger partial charge in [0.25, 0.3) is 0 Å². The van der Waals surface area contributed by atoms with E-state index in [-0.39, 0.29) is 13.0 Å². The number of phosphoric acid groups is 1. The van der Waals surface area contributed by atoms with Crippen LogP contribution in [0.5, 0.6) is 0 Å². The molecule has 13 heteroatoms. The van der Waals surface area contributed by atoms with Gasteiger partial charge in [-0.05, 0) is 64.2 Å². The van der Waals surface area contributed by atoms with Gasteiger partial charge < -0.3 is 39.9 Å². The van der Waals surface area contributed by atoms with Gasteiger partial charge in [0.1, 0.15) is 42.7 Å². The Kier molecular flexibility index (Phi) is 30.9. The van der Waals surface area contributed by atoms with Gasteiger partial charge in [0.2, 0.25) is 0 Å². The Hall–Kier alpha value is -1.18. The number of carbonyl (C=O) groups is 1. The fourth-order valence-corrected chi connectivity index (χ4v) is 7.32. The molecule has 0 aromatic heterocycles. The van der Waals surface area contributed by atoms with Gasteiger partial charge in [-0.25, -0.2) is 4.57 Å². The third-order valence-corrected chi connectivity index (χ3v) is 10.8. The molecule has 12 nitrogen and oxygen atoms in total. The molecule has 6 unspecified atom stereocenters. The second-order valence-electron chi connectivity index (χ2n) is 14.8. The maximum Gasteiger partial charge on any atom is 0.472 e. The van der Waals surface area contributed by atoms with Crippen molar-refractivity contribution in [3.05, 3.63) is 24.3 Å². The third-order valence-electron chi connectivity index (χ3n) is 9.80. The Bertz CT molecular complexity index is 995. The van der Waals surface area contributed by atoms with E-state index in [1.54, 1.807) is 0 Å². The average Bonchev–Trinajstić information content (AvgIpc) is 3.15. The van der Waals surface area contributed by atoms with Crippen LogP contribution in [0.4, 0.5) is 0 Å². The molecule has 0 aromatic carbocycles. The van der Waals surface area contributed by atoms with E-state index in [0.29, 0.717) is 13.0 Å². The summed E-state index contributed by atoms with van der Waals surface area (Å²) in [5.41, 5.74) is 0. The predicted octanol–water partition coefficient (Wildman–Crippen LogP) is 7.75. The molecule has 0 heterocycles. The molecule has 318 valence electrons. The first-order chi connectivity index (χ1) is 26.0. The first-order valence-corrected chi connectivity index (χ1v) is 22.7. The molecule has 1 fully saturated rings. The molecule has 54 heavy (non-hydrogen) atoms. The van der Waals surface area contributed by atoms with Crippen LogP contribution in [0, 0.1) is 0 Å². The van der Waals surface area contributed by atoms with Crippen molar-refractivity contribution in [3.63, 3.8) is 0 Å². The van der Waals surface area contributed by atoms with Crippen LogP contribution in [0.2, 0.25) is 0 Å². The number of carbonyl (C=O) groups excluding carboxylic acids is 1. The van der Waals surface area contributed by atoms with E-state index < -0.39 is 63.1 Å². The zero-order valence-electron chi connectivity index (χ0n) is 33.5. The van der Waals surface area contributed by atoms with Gasteiger partial charge >= 0.3 is 13.8 Å². The SMILES string of the molecule is CCCCC/C=C\CCCCCCCC(=O)OC(COCCCCCCCC/C=C\CCCCCCC)COP(=O)(O)OC1C(O)C(O)C(O)C(O)C1O. The lowest BCUT2D eigenvalue weighted by Crippen LogP contribution is -2.64. The van der Waals surface area contributed by atoms with E-state index >= 15 is 0 Å². The van der Waals surface area contributed by atoms with Crippen LogP contribution in [0.15, 0.2) is 24.3 Å². The van der Waals surface area contributed by atoms with Crippen LogP contribution < -0.4 is 0 Å². The van der Waals surface area contributed by atoms with Crippen molar-refractivity contribution in [3.8, 4) is 0 Å². The first kappa shape index (κ1) is 50.8. The van der Waals surface area contributed by atoms with Crippen LogP contribution in [-0.2, 0) is 27.9 Å². The number of esters is 1. The van der Waals surface area contributed by atoms with Gasteiger partial charge in [-0.1, -0.05) is 122 Å². The highest BCUT2D eigenvalue weighted by atomic mass is 31.2. The average molecular weight is 793 g/mol. The van der Waals surface area contributed by atoms with E-state index in [1.165, 1.54) is 70.6 Å². The molecule has 1 saturated carbocycles. The standard InChI is InChI=1S/C41H77O12P/c1-3-5-7-9-11-13-15-17-18-19-21-23-25-27-29-31-50-32-34(52-35(42)30-28-26-24-22-20-16-14-12-10-8-6-4-2)33-51-54(48,49)53-41-39(46)37(44)36(43)38(45)40(41)47/h12,14-15,17,34,36-41,43-47H,3-11,13,16,18-33H2,1-2H3,(H,48,49)/b14-12-,17-15-. The van der Waals surface area contributed by atoms with Gasteiger partial charge in [0.05, 0.1) is 13.2 Å². The minimum Gasteiger partial charge on any atom is -0.457 e. The Morgan fingerprint density at radius 2 is 0.981 bits per heavy atom. The number of unbranched alkanes of at least 4 members (excludes halogenated alkanes) is 19. The Morgan fingerprint density at radius 1 is 0.574 bits per heavy atom. The summed E-state index contributed by atoms with van der Waals surface area (Å²) in [5.74, 6) is -0.490. The van der Waals surface area contributed by atoms with Crippen molar-refractivity contribution >= 4 is 13.8 Å². The number of hydrogen-bond donors (Lipinski definition) is 6. The highest BCUT2D eigenvalue weighted by Gasteiger charge is 2.51. The molecule has 1 aliphatic carbocycles. The minimum atomic E-state index is -5.01. The van der Waals surface area contributed by atoms with Gasteiger partial charge in [0.15, 0.2) is 0 Å². The van der Waals surface area contributed by atoms with Crippen LogP contribution in [0.25, 0.3) is 0 Å². The van der Waals surface area contributed by atoms with Crippen LogP contribution in [0.1, 0.15) is 168 Å². The molecule has 0 radical (unpaired) electrons. The molecule has 6 N–H and O–H groups in total. The molecular weight excluding hydrogens is 715 g/mol. The zero-order valence-corrected chi connectivity index (χ0v) is 34.4. The minimum absolute atomic E-state index is 0.0824. The molecule has 1 aliphatic rings. The van der Waals surface area contributed by atoms with E-state index in [1.807, 2.05) is 0 Å². The largest absolute Gasteiger partial charge is 0.472 e. The molecule has 0 saturated heterocycles. The molecule has 0 aromatic rings. The number of aliphatic hydroxyl groups is 5. The Morgan fingerprint density at radius 3 is 1.50 bits per heavy atom. The highest BCUT2D eigenvalue weighted by molar-refractivity contribution is 7.47. The second-order valence-corrected chi connectivity index (χ2v) is 16.2. The summed E-state index contributed by atoms with van der Waals surface area (Å²) in [4.78, 5) is 23.0. The van der Waals surface area contributed by atoms with Crippen molar-refractivity contribution in [2.45, 2.75) is 211 Å². The lowest BCUT2D eigenvalue weighted by atomic mass is 9.85. The lowest BCUT2D eigenvalue weighted by molar-refractivity contribution is -0.220. The van der Waals surface area contributed by atoms with Crippen molar-refractivity contribution in [2.24, 2.45) is 0 Å². The zero-order chi connectivity index (χ0) is 39.9. The van der Waals surface area contributed by atoms with Gasteiger partial charge in [-0.3, -0.25) is 13.8 Å². The van der Waals surface area contributed by atoms with Crippen molar-refractivity contribution in [1.82, 2.24) is 0 Å². The van der Waals surface area contributed by atoms with Gasteiger partial charge in [0, 0.05) is 13.0 Å². The maximum atomic E-state index is 12.8. The third kappa shape index (κ3) is 25.1. The normalized spacial score (nSPS) is 23.6. The number of rotatable bonds is 35. The monoisotopic (exact) mass is 793 g/mol. The van der Waals surface area contributed by atoms with E-state index in [9.17, 15) is 39.8 Å². The van der Waals surface area contributed by atoms with E-state index in [2.05, 4.69) is 38.2 Å². The quantitative estimate of drug-likeness (QED) is 0.0159. The van der Waals surface area contributed by atoms with Crippen molar-refractivity contribution in [2.75, 3.05) is 19.8 Å². The fraction of sp³-hybridized carbons (Fsp3) is 0.878. The molecule has 0 bridgehead atoms. The maximum absolute atomic E-state index is 12.8. The van der Waals surface area contributed by atoms with E-state index in [0.717, 1.165) is 70.6 Å². The van der Waals surface area contributed by atoms with Crippen LogP contribution in [0.3, 0.4) is 0 Å². The second kappa shape index (κ2) is 32.9. The summed E-state index contributed by atoms with van der Waals surface area (Å²) in [5, 5.41) is 50.0. The molecule has 0 spiro atoms.